The summed E-state index contributed by atoms with van der Waals surface area (Å²) in [5.74, 6) is -0.326. The van der Waals surface area contributed by atoms with Crippen LogP contribution in [0.2, 0.25) is 0 Å². The molecule has 122 valence electrons. The molecule has 0 aromatic heterocycles. The van der Waals surface area contributed by atoms with E-state index in [2.05, 4.69) is 6.92 Å². The Bertz CT molecular complexity index is 527. The highest BCUT2D eigenvalue weighted by molar-refractivity contribution is 5.94. The van der Waals surface area contributed by atoms with E-state index in [9.17, 15) is 14.4 Å². The van der Waals surface area contributed by atoms with Gasteiger partial charge in [-0.1, -0.05) is 13.8 Å². The van der Waals surface area contributed by atoms with Crippen molar-refractivity contribution < 1.29 is 23.9 Å². The van der Waals surface area contributed by atoms with Gasteiger partial charge in [0.2, 0.25) is 0 Å². The molecule has 0 bridgehead atoms. The molecule has 5 heteroatoms. The van der Waals surface area contributed by atoms with E-state index in [1.807, 2.05) is 13.8 Å². The predicted molar refractivity (Wildman–Crippen MR) is 77.7 cm³/mol. The summed E-state index contributed by atoms with van der Waals surface area (Å²) in [7, 11) is 0. The molecule has 0 unspecified atom stereocenters. The molecule has 3 fully saturated rings. The Morgan fingerprint density at radius 3 is 2.59 bits per heavy atom. The molecule has 0 aromatic rings. The average molecular weight is 308 g/mol. The lowest BCUT2D eigenvalue weighted by atomic mass is 9.68. The molecule has 0 amide bonds. The van der Waals surface area contributed by atoms with Gasteiger partial charge in [-0.3, -0.25) is 14.4 Å². The molecule has 22 heavy (non-hydrogen) atoms. The fourth-order valence-corrected chi connectivity index (χ4v) is 4.97. The Morgan fingerprint density at radius 2 is 1.95 bits per heavy atom. The summed E-state index contributed by atoms with van der Waals surface area (Å²) >= 11 is 0. The van der Waals surface area contributed by atoms with Crippen LogP contribution in [0.25, 0.3) is 0 Å². The van der Waals surface area contributed by atoms with Crippen LogP contribution in [0.4, 0.5) is 0 Å². The maximum atomic E-state index is 13.0. The minimum atomic E-state index is -0.735. The minimum Gasteiger partial charge on any atom is -0.461 e. The first-order chi connectivity index (χ1) is 10.3. The van der Waals surface area contributed by atoms with Gasteiger partial charge in [-0.05, 0) is 38.0 Å². The Hall–Kier alpha value is -1.39. The lowest BCUT2D eigenvalue weighted by molar-refractivity contribution is -0.159. The fourth-order valence-electron chi connectivity index (χ4n) is 4.97. The number of hydrogen-bond acceptors (Lipinski definition) is 5. The van der Waals surface area contributed by atoms with Crippen molar-refractivity contribution in [2.45, 2.75) is 59.2 Å². The average Bonchev–Trinajstić information content (AvgIpc) is 2.83. The second-order valence-corrected chi connectivity index (χ2v) is 7.45. The number of hydrogen-bond donors (Lipinski definition) is 0. The van der Waals surface area contributed by atoms with E-state index in [4.69, 9.17) is 9.47 Å². The summed E-state index contributed by atoms with van der Waals surface area (Å²) < 4.78 is 10.9. The maximum absolute atomic E-state index is 13.0. The van der Waals surface area contributed by atoms with Crippen molar-refractivity contribution in [1.29, 1.82) is 0 Å². The van der Waals surface area contributed by atoms with Gasteiger partial charge in [-0.25, -0.2) is 0 Å². The smallest absolute Gasteiger partial charge is 0.309 e. The van der Waals surface area contributed by atoms with Crippen LogP contribution >= 0.6 is 0 Å². The van der Waals surface area contributed by atoms with Crippen LogP contribution in [0.5, 0.6) is 0 Å². The van der Waals surface area contributed by atoms with Crippen molar-refractivity contribution in [2.24, 2.45) is 29.1 Å². The Balaban J connectivity index is 1.99. The summed E-state index contributed by atoms with van der Waals surface area (Å²) in [4.78, 5) is 36.3. The van der Waals surface area contributed by atoms with Gasteiger partial charge in [-0.15, -0.1) is 0 Å². The first kappa shape index (κ1) is 15.5. The summed E-state index contributed by atoms with van der Waals surface area (Å²) in [6.07, 6.45) is 1.37. The summed E-state index contributed by atoms with van der Waals surface area (Å²) in [6.45, 7) is 7.28. The zero-order valence-electron chi connectivity index (χ0n) is 13.6. The molecule has 1 heterocycles. The van der Waals surface area contributed by atoms with Crippen molar-refractivity contribution in [1.82, 2.24) is 0 Å². The second kappa shape index (κ2) is 5.07. The Morgan fingerprint density at radius 1 is 1.27 bits per heavy atom. The lowest BCUT2D eigenvalue weighted by Crippen LogP contribution is -2.46. The monoisotopic (exact) mass is 308 g/mol. The van der Waals surface area contributed by atoms with Gasteiger partial charge in [0.1, 0.15) is 6.10 Å². The van der Waals surface area contributed by atoms with Crippen LogP contribution in [0.1, 0.15) is 47.0 Å². The summed E-state index contributed by atoms with van der Waals surface area (Å²) in [6, 6.07) is 0. The van der Waals surface area contributed by atoms with E-state index in [1.54, 1.807) is 0 Å². The molecular weight excluding hydrogens is 284 g/mol. The number of rotatable bonds is 1. The third-order valence-electron chi connectivity index (χ3n) is 6.25. The zero-order valence-corrected chi connectivity index (χ0v) is 13.6. The van der Waals surface area contributed by atoms with Gasteiger partial charge in [0, 0.05) is 12.8 Å². The highest BCUT2D eigenvalue weighted by Gasteiger charge is 2.65. The van der Waals surface area contributed by atoms with Crippen LogP contribution in [-0.4, -0.2) is 29.9 Å². The van der Waals surface area contributed by atoms with Crippen LogP contribution in [0, 0.1) is 29.1 Å². The molecule has 3 aliphatic rings. The molecule has 7 atom stereocenters. The van der Waals surface area contributed by atoms with E-state index in [1.165, 1.54) is 6.92 Å². The molecule has 1 aliphatic heterocycles. The zero-order chi connectivity index (χ0) is 16.2. The van der Waals surface area contributed by atoms with Gasteiger partial charge < -0.3 is 9.47 Å². The second-order valence-electron chi connectivity index (χ2n) is 7.45. The molecule has 5 nitrogen and oxygen atoms in total. The number of ketones is 1. The molecule has 3 rings (SSSR count). The van der Waals surface area contributed by atoms with E-state index in [0.29, 0.717) is 12.3 Å². The van der Waals surface area contributed by atoms with E-state index in [0.717, 1.165) is 12.8 Å². The molecule has 1 saturated heterocycles. The van der Waals surface area contributed by atoms with E-state index >= 15 is 0 Å². The van der Waals surface area contributed by atoms with Crippen molar-refractivity contribution in [3.8, 4) is 0 Å². The first-order valence-electron chi connectivity index (χ1n) is 8.18. The third kappa shape index (κ3) is 2.01. The number of Topliss-reactive ketones (excluding diaryl/α,β-unsaturated/α-hetero) is 1. The van der Waals surface area contributed by atoms with Crippen LogP contribution in [0.15, 0.2) is 0 Å². The van der Waals surface area contributed by atoms with Gasteiger partial charge in [0.15, 0.2) is 11.9 Å². The highest BCUT2D eigenvalue weighted by atomic mass is 16.6. The normalized spacial score (nSPS) is 47.5. The lowest BCUT2D eigenvalue weighted by Gasteiger charge is -2.36. The van der Waals surface area contributed by atoms with E-state index in [-0.39, 0.29) is 35.6 Å². The highest BCUT2D eigenvalue weighted by Crippen LogP contribution is 2.57. The SMILES string of the molecule is CC(=O)O[C@@H]1C[C@H]2[C@@H](C)CC[C@@H]3[C@@H](OC(=O)[C@@H]3C)[C@]2(C)C1=O. The standard InChI is InChI=1S/C17H24O5/c1-8-5-6-11-9(2)16(20)22-15(11)17(4)12(8)7-13(14(17)19)21-10(3)18/h8-9,11-13,15H,5-7H2,1-4H3/t8-,9+,11-,12-,13+,15+,17-/m0/s1. The van der Waals surface area contributed by atoms with Crippen LogP contribution in [0.3, 0.4) is 0 Å². The molecule has 0 spiro atoms. The number of carbonyl (C=O) groups is 3. The van der Waals surface area contributed by atoms with Gasteiger partial charge in [0.25, 0.3) is 0 Å². The largest absolute Gasteiger partial charge is 0.461 e. The quantitative estimate of drug-likeness (QED) is 0.694. The van der Waals surface area contributed by atoms with Crippen molar-refractivity contribution in [2.75, 3.05) is 0 Å². The molecule has 2 aliphatic carbocycles. The Kier molecular flexibility index (Phi) is 3.57. The van der Waals surface area contributed by atoms with Crippen LogP contribution in [-0.2, 0) is 23.9 Å². The Labute approximate surface area is 130 Å². The molecule has 2 saturated carbocycles. The molecular formula is C17H24O5. The first-order valence-corrected chi connectivity index (χ1v) is 8.18. The topological polar surface area (TPSA) is 69.7 Å². The van der Waals surface area contributed by atoms with Gasteiger partial charge in [0.05, 0.1) is 11.3 Å². The maximum Gasteiger partial charge on any atom is 0.309 e. The van der Waals surface area contributed by atoms with Crippen molar-refractivity contribution in [3.05, 3.63) is 0 Å². The predicted octanol–water partition coefficient (Wildman–Crippen LogP) is 2.12. The summed E-state index contributed by atoms with van der Waals surface area (Å²) in [5, 5.41) is 0. The number of esters is 2. The fraction of sp³-hybridized carbons (Fsp3) is 0.824. The molecule has 0 radical (unpaired) electrons. The molecule has 0 aromatic carbocycles. The number of ether oxygens (including phenoxy) is 2. The third-order valence-corrected chi connectivity index (χ3v) is 6.25. The summed E-state index contributed by atoms with van der Waals surface area (Å²) in [5.41, 5.74) is -0.735. The van der Waals surface area contributed by atoms with Gasteiger partial charge in [-0.2, -0.15) is 0 Å². The number of fused-ring (bicyclic) bond motifs is 3. The van der Waals surface area contributed by atoms with Crippen LogP contribution < -0.4 is 0 Å². The minimum absolute atomic E-state index is 0.0710. The van der Waals surface area contributed by atoms with Crippen molar-refractivity contribution in [3.63, 3.8) is 0 Å². The number of carbonyl (C=O) groups excluding carboxylic acids is 3. The van der Waals surface area contributed by atoms with Crippen molar-refractivity contribution >= 4 is 17.7 Å². The molecule has 0 N–H and O–H groups in total. The van der Waals surface area contributed by atoms with Gasteiger partial charge >= 0.3 is 11.9 Å². The van der Waals surface area contributed by atoms with E-state index < -0.39 is 17.5 Å².